The van der Waals surface area contributed by atoms with E-state index >= 15 is 0 Å². The summed E-state index contributed by atoms with van der Waals surface area (Å²) in [5.74, 6) is 2.46. The van der Waals surface area contributed by atoms with Crippen molar-refractivity contribution in [1.29, 1.82) is 0 Å². The highest BCUT2D eigenvalue weighted by atomic mass is 127. The molecule has 140 valence electrons. The SMILES string of the molecule is CN=C(NCc1ccccc1OCC1CC1)NCc1ncccc1C.I. The third-order valence-corrected chi connectivity index (χ3v) is 4.36. The van der Waals surface area contributed by atoms with Gasteiger partial charge in [-0.25, -0.2) is 0 Å². The van der Waals surface area contributed by atoms with Crippen LogP contribution in [0.2, 0.25) is 0 Å². The molecule has 0 atom stereocenters. The summed E-state index contributed by atoms with van der Waals surface area (Å²) in [5.41, 5.74) is 3.34. The molecule has 0 saturated heterocycles. The molecule has 1 heterocycles. The zero-order chi connectivity index (χ0) is 17.5. The van der Waals surface area contributed by atoms with Crippen LogP contribution in [-0.4, -0.2) is 24.6 Å². The summed E-state index contributed by atoms with van der Waals surface area (Å²) in [7, 11) is 1.77. The maximum Gasteiger partial charge on any atom is 0.191 e. The minimum absolute atomic E-state index is 0. The quantitative estimate of drug-likeness (QED) is 0.372. The first-order valence-corrected chi connectivity index (χ1v) is 8.82. The fourth-order valence-electron chi connectivity index (χ4n) is 2.55. The number of halogens is 1. The minimum atomic E-state index is 0. The molecule has 1 aromatic carbocycles. The van der Waals surface area contributed by atoms with Crippen molar-refractivity contribution in [3.63, 3.8) is 0 Å². The normalized spacial score (nSPS) is 13.7. The summed E-state index contributed by atoms with van der Waals surface area (Å²) in [6.45, 7) is 4.20. The molecule has 5 nitrogen and oxygen atoms in total. The summed E-state index contributed by atoms with van der Waals surface area (Å²) in [5, 5.41) is 6.66. The number of rotatable bonds is 7. The molecular weight excluding hydrogens is 439 g/mol. The number of hydrogen-bond donors (Lipinski definition) is 2. The third-order valence-electron chi connectivity index (χ3n) is 4.36. The molecule has 0 bridgehead atoms. The maximum atomic E-state index is 5.96. The highest BCUT2D eigenvalue weighted by Gasteiger charge is 2.22. The average Bonchev–Trinajstić information content (AvgIpc) is 3.46. The van der Waals surface area contributed by atoms with Crippen LogP contribution in [0, 0.1) is 12.8 Å². The lowest BCUT2D eigenvalue weighted by Gasteiger charge is -2.15. The second-order valence-corrected chi connectivity index (χ2v) is 6.41. The molecule has 3 rings (SSSR count). The Balaban J connectivity index is 0.00000243. The van der Waals surface area contributed by atoms with Gasteiger partial charge in [-0.15, -0.1) is 24.0 Å². The van der Waals surface area contributed by atoms with Crippen LogP contribution < -0.4 is 15.4 Å². The Bertz CT molecular complexity index is 731. The van der Waals surface area contributed by atoms with Crippen LogP contribution in [0.15, 0.2) is 47.6 Å². The molecule has 2 N–H and O–H groups in total. The molecule has 6 heteroatoms. The van der Waals surface area contributed by atoms with Crippen LogP contribution >= 0.6 is 24.0 Å². The van der Waals surface area contributed by atoms with Crippen LogP contribution in [0.3, 0.4) is 0 Å². The van der Waals surface area contributed by atoms with Gasteiger partial charge in [0.2, 0.25) is 0 Å². The van der Waals surface area contributed by atoms with E-state index in [1.807, 2.05) is 30.5 Å². The number of aliphatic imine (C=N–C) groups is 1. The highest BCUT2D eigenvalue weighted by molar-refractivity contribution is 14.0. The molecule has 1 fully saturated rings. The van der Waals surface area contributed by atoms with Crippen LogP contribution in [0.1, 0.15) is 29.7 Å². The van der Waals surface area contributed by atoms with E-state index in [-0.39, 0.29) is 24.0 Å². The second-order valence-electron chi connectivity index (χ2n) is 6.41. The number of hydrogen-bond acceptors (Lipinski definition) is 3. The smallest absolute Gasteiger partial charge is 0.191 e. The van der Waals surface area contributed by atoms with Gasteiger partial charge in [0, 0.05) is 25.4 Å². The third kappa shape index (κ3) is 6.16. The van der Waals surface area contributed by atoms with Gasteiger partial charge in [-0.1, -0.05) is 24.3 Å². The average molecular weight is 466 g/mol. The summed E-state index contributed by atoms with van der Waals surface area (Å²) < 4.78 is 5.96. The zero-order valence-corrected chi connectivity index (χ0v) is 17.7. The Kier molecular flexibility index (Phi) is 8.15. The van der Waals surface area contributed by atoms with Gasteiger partial charge in [0.05, 0.1) is 18.8 Å². The van der Waals surface area contributed by atoms with Gasteiger partial charge in [0.1, 0.15) is 5.75 Å². The second kappa shape index (κ2) is 10.4. The Morgan fingerprint density at radius 3 is 2.65 bits per heavy atom. The summed E-state index contributed by atoms with van der Waals surface area (Å²) in [4.78, 5) is 8.69. The fourth-order valence-corrected chi connectivity index (χ4v) is 2.55. The van der Waals surface area contributed by atoms with E-state index in [0.717, 1.165) is 35.5 Å². The summed E-state index contributed by atoms with van der Waals surface area (Å²) in [6, 6.07) is 12.2. The van der Waals surface area contributed by atoms with Crippen molar-refractivity contribution >= 4 is 29.9 Å². The van der Waals surface area contributed by atoms with E-state index < -0.39 is 0 Å². The molecule has 1 aliphatic rings. The molecule has 0 unspecified atom stereocenters. The van der Waals surface area contributed by atoms with E-state index in [2.05, 4.69) is 39.7 Å². The first-order valence-electron chi connectivity index (χ1n) is 8.82. The maximum absolute atomic E-state index is 5.96. The number of ether oxygens (including phenoxy) is 1. The Labute approximate surface area is 172 Å². The van der Waals surface area contributed by atoms with Gasteiger partial charge in [-0.3, -0.25) is 9.98 Å². The summed E-state index contributed by atoms with van der Waals surface area (Å²) >= 11 is 0. The molecule has 0 aliphatic heterocycles. The lowest BCUT2D eigenvalue weighted by atomic mass is 10.2. The Hall–Kier alpha value is -1.83. The van der Waals surface area contributed by atoms with E-state index in [4.69, 9.17) is 4.74 Å². The molecule has 0 radical (unpaired) electrons. The lowest BCUT2D eigenvalue weighted by Crippen LogP contribution is -2.36. The van der Waals surface area contributed by atoms with Crippen molar-refractivity contribution < 1.29 is 4.74 Å². The van der Waals surface area contributed by atoms with E-state index in [0.29, 0.717) is 13.1 Å². The van der Waals surface area contributed by atoms with Gasteiger partial charge < -0.3 is 15.4 Å². The van der Waals surface area contributed by atoms with Crippen LogP contribution in [0.25, 0.3) is 0 Å². The van der Waals surface area contributed by atoms with Crippen molar-refractivity contribution in [3.05, 3.63) is 59.4 Å². The topological polar surface area (TPSA) is 58.5 Å². The van der Waals surface area contributed by atoms with Crippen molar-refractivity contribution in [2.75, 3.05) is 13.7 Å². The van der Waals surface area contributed by atoms with Crippen molar-refractivity contribution in [2.45, 2.75) is 32.9 Å². The fraction of sp³-hybridized carbons (Fsp3) is 0.400. The van der Waals surface area contributed by atoms with Gasteiger partial charge in [0.15, 0.2) is 5.96 Å². The first-order chi connectivity index (χ1) is 12.3. The number of para-hydroxylation sites is 1. The Morgan fingerprint density at radius 2 is 1.92 bits per heavy atom. The number of pyridine rings is 1. The summed E-state index contributed by atoms with van der Waals surface area (Å²) in [6.07, 6.45) is 4.40. The predicted molar refractivity (Wildman–Crippen MR) is 116 cm³/mol. The van der Waals surface area contributed by atoms with Crippen molar-refractivity contribution in [1.82, 2.24) is 15.6 Å². The van der Waals surface area contributed by atoms with Gasteiger partial charge in [-0.2, -0.15) is 0 Å². The molecule has 1 aromatic heterocycles. The van der Waals surface area contributed by atoms with E-state index in [1.165, 1.54) is 18.4 Å². The zero-order valence-electron chi connectivity index (χ0n) is 15.4. The van der Waals surface area contributed by atoms with Crippen LogP contribution in [0.4, 0.5) is 0 Å². The number of aryl methyl sites for hydroxylation is 1. The minimum Gasteiger partial charge on any atom is -0.493 e. The first kappa shape index (κ1) is 20.5. The standard InChI is InChI=1S/C20H26N4O.HI/c1-15-6-5-11-22-18(15)13-24-20(21-2)23-12-17-7-3-4-8-19(17)25-14-16-9-10-16;/h3-8,11,16H,9-10,12-14H2,1-2H3,(H2,21,23,24);1H. The van der Waals surface area contributed by atoms with Gasteiger partial charge >= 0.3 is 0 Å². The van der Waals surface area contributed by atoms with E-state index in [1.54, 1.807) is 7.05 Å². The molecule has 26 heavy (non-hydrogen) atoms. The molecule has 1 saturated carbocycles. The lowest BCUT2D eigenvalue weighted by molar-refractivity contribution is 0.296. The number of nitrogens with zero attached hydrogens (tertiary/aromatic N) is 2. The van der Waals surface area contributed by atoms with Gasteiger partial charge in [0.25, 0.3) is 0 Å². The monoisotopic (exact) mass is 466 g/mol. The largest absolute Gasteiger partial charge is 0.493 e. The molecule has 0 amide bonds. The number of nitrogens with one attached hydrogen (secondary N) is 2. The Morgan fingerprint density at radius 1 is 1.15 bits per heavy atom. The molecule has 1 aliphatic carbocycles. The number of guanidine groups is 1. The van der Waals surface area contributed by atoms with E-state index in [9.17, 15) is 0 Å². The number of benzene rings is 1. The predicted octanol–water partition coefficient (Wildman–Crippen LogP) is 3.66. The van der Waals surface area contributed by atoms with Gasteiger partial charge in [-0.05, 0) is 43.4 Å². The molecule has 0 spiro atoms. The van der Waals surface area contributed by atoms with Crippen LogP contribution in [0.5, 0.6) is 5.75 Å². The van der Waals surface area contributed by atoms with Crippen molar-refractivity contribution in [2.24, 2.45) is 10.9 Å². The van der Waals surface area contributed by atoms with Crippen LogP contribution in [-0.2, 0) is 13.1 Å². The molecule has 2 aromatic rings. The highest BCUT2D eigenvalue weighted by Crippen LogP contribution is 2.30. The molecular formula is C20H27IN4O. The number of aromatic nitrogens is 1. The van der Waals surface area contributed by atoms with Crippen molar-refractivity contribution in [3.8, 4) is 5.75 Å².